The van der Waals surface area contributed by atoms with Crippen LogP contribution in [0.5, 0.6) is 0 Å². The molecule has 1 aromatic rings. The SMILES string of the molecule is Cc1cccc(C(N)(N)N)c1. The summed E-state index contributed by atoms with van der Waals surface area (Å²) in [6.45, 7) is 1.97. The largest absolute Gasteiger partial charge is 0.297 e. The third-order valence-electron chi connectivity index (χ3n) is 1.52. The Balaban J connectivity index is 3.06. The molecular weight excluding hydrogens is 138 g/mol. The summed E-state index contributed by atoms with van der Waals surface area (Å²) in [6, 6.07) is 7.54. The van der Waals surface area contributed by atoms with Crippen LogP contribution in [0.25, 0.3) is 0 Å². The summed E-state index contributed by atoms with van der Waals surface area (Å²) in [5.41, 5.74) is 18.3. The number of benzene rings is 1. The average molecular weight is 151 g/mol. The molecule has 0 aliphatic heterocycles. The molecule has 11 heavy (non-hydrogen) atoms. The summed E-state index contributed by atoms with van der Waals surface area (Å²) < 4.78 is 0. The monoisotopic (exact) mass is 151 g/mol. The molecule has 0 aliphatic carbocycles. The number of hydrogen-bond donors (Lipinski definition) is 3. The Bertz CT molecular complexity index is 250. The van der Waals surface area contributed by atoms with Gasteiger partial charge in [0.2, 0.25) is 0 Å². The van der Waals surface area contributed by atoms with E-state index in [2.05, 4.69) is 0 Å². The van der Waals surface area contributed by atoms with E-state index in [1.54, 1.807) is 0 Å². The molecule has 3 nitrogen and oxygen atoms in total. The van der Waals surface area contributed by atoms with Crippen LogP contribution < -0.4 is 17.2 Å². The molecule has 0 fully saturated rings. The molecule has 1 rings (SSSR count). The molecule has 0 aromatic heterocycles. The van der Waals surface area contributed by atoms with Gasteiger partial charge in [-0.1, -0.05) is 29.8 Å². The molecule has 0 amide bonds. The molecule has 3 heteroatoms. The fourth-order valence-electron chi connectivity index (χ4n) is 0.914. The van der Waals surface area contributed by atoms with Crippen molar-refractivity contribution in [2.45, 2.75) is 12.7 Å². The normalized spacial score (nSPS) is 11.6. The van der Waals surface area contributed by atoms with Crippen LogP contribution in [-0.4, -0.2) is 0 Å². The molecule has 60 valence electrons. The molecule has 0 unspecified atom stereocenters. The van der Waals surface area contributed by atoms with Crippen LogP contribution in [0.1, 0.15) is 11.1 Å². The second-order valence-electron chi connectivity index (χ2n) is 2.80. The summed E-state index contributed by atoms with van der Waals surface area (Å²) in [5.74, 6) is -1.22. The molecule has 0 spiro atoms. The highest BCUT2D eigenvalue weighted by atomic mass is 15.1. The average Bonchev–Trinajstić information content (AvgIpc) is 1.86. The summed E-state index contributed by atoms with van der Waals surface area (Å²) in [5, 5.41) is 0. The number of rotatable bonds is 1. The van der Waals surface area contributed by atoms with Crippen molar-refractivity contribution in [3.8, 4) is 0 Å². The second kappa shape index (κ2) is 2.62. The molecule has 0 radical (unpaired) electrons. The zero-order chi connectivity index (χ0) is 8.48. The minimum Gasteiger partial charge on any atom is -0.297 e. The molecule has 1 aromatic carbocycles. The molecular formula is C8H13N3. The predicted octanol–water partition coefficient (Wildman–Crippen LogP) is -0.0186. The van der Waals surface area contributed by atoms with E-state index in [1.165, 1.54) is 0 Å². The van der Waals surface area contributed by atoms with Gasteiger partial charge in [-0.05, 0) is 6.92 Å². The first-order valence-electron chi connectivity index (χ1n) is 3.44. The van der Waals surface area contributed by atoms with E-state index >= 15 is 0 Å². The van der Waals surface area contributed by atoms with Gasteiger partial charge in [0.15, 0.2) is 0 Å². The third kappa shape index (κ3) is 2.01. The lowest BCUT2D eigenvalue weighted by atomic mass is 10.1. The highest BCUT2D eigenvalue weighted by Gasteiger charge is 2.13. The lowest BCUT2D eigenvalue weighted by molar-refractivity contribution is 0.488. The van der Waals surface area contributed by atoms with Gasteiger partial charge >= 0.3 is 0 Å². The van der Waals surface area contributed by atoms with Gasteiger partial charge in [-0.15, -0.1) is 0 Å². The fraction of sp³-hybridized carbons (Fsp3) is 0.250. The van der Waals surface area contributed by atoms with Crippen molar-refractivity contribution in [2.24, 2.45) is 17.2 Å². The molecule has 0 atom stereocenters. The van der Waals surface area contributed by atoms with E-state index in [-0.39, 0.29) is 0 Å². The predicted molar refractivity (Wildman–Crippen MR) is 45.4 cm³/mol. The van der Waals surface area contributed by atoms with Gasteiger partial charge in [-0.3, -0.25) is 17.2 Å². The number of nitrogens with two attached hydrogens (primary N) is 3. The van der Waals surface area contributed by atoms with Gasteiger partial charge in [0.25, 0.3) is 0 Å². The van der Waals surface area contributed by atoms with Gasteiger partial charge < -0.3 is 0 Å². The maximum absolute atomic E-state index is 5.48. The zero-order valence-electron chi connectivity index (χ0n) is 6.54. The van der Waals surface area contributed by atoms with Crippen molar-refractivity contribution in [3.05, 3.63) is 35.4 Å². The summed E-state index contributed by atoms with van der Waals surface area (Å²) in [7, 11) is 0. The summed E-state index contributed by atoms with van der Waals surface area (Å²) in [4.78, 5) is 0. The van der Waals surface area contributed by atoms with Gasteiger partial charge in [-0.25, -0.2) is 0 Å². The Morgan fingerprint density at radius 1 is 1.18 bits per heavy atom. The molecule has 0 saturated heterocycles. The van der Waals surface area contributed by atoms with Crippen LogP contribution >= 0.6 is 0 Å². The van der Waals surface area contributed by atoms with Gasteiger partial charge in [0.05, 0.1) is 0 Å². The maximum atomic E-state index is 5.48. The lowest BCUT2D eigenvalue weighted by Crippen LogP contribution is -2.54. The van der Waals surface area contributed by atoms with Crippen molar-refractivity contribution in [1.82, 2.24) is 0 Å². The number of aryl methyl sites for hydroxylation is 1. The maximum Gasteiger partial charge on any atom is 0.142 e. The van der Waals surface area contributed by atoms with Crippen LogP contribution in [0.15, 0.2) is 24.3 Å². The molecule has 0 bridgehead atoms. The van der Waals surface area contributed by atoms with E-state index < -0.39 is 5.79 Å². The van der Waals surface area contributed by atoms with Crippen molar-refractivity contribution < 1.29 is 0 Å². The van der Waals surface area contributed by atoms with Crippen LogP contribution in [0.2, 0.25) is 0 Å². The van der Waals surface area contributed by atoms with E-state index in [1.807, 2.05) is 31.2 Å². The molecule has 0 aliphatic rings. The summed E-state index contributed by atoms with van der Waals surface area (Å²) in [6.07, 6.45) is 0. The van der Waals surface area contributed by atoms with Crippen LogP contribution in [-0.2, 0) is 5.79 Å². The van der Waals surface area contributed by atoms with Gasteiger partial charge in [0, 0.05) is 5.56 Å². The molecule has 6 N–H and O–H groups in total. The smallest absolute Gasteiger partial charge is 0.142 e. The number of hydrogen-bond acceptors (Lipinski definition) is 3. The Kier molecular flexibility index (Phi) is 1.95. The highest BCUT2D eigenvalue weighted by molar-refractivity contribution is 5.26. The first-order valence-corrected chi connectivity index (χ1v) is 3.44. The molecule has 0 heterocycles. The van der Waals surface area contributed by atoms with Gasteiger partial charge in [0.1, 0.15) is 5.79 Å². The third-order valence-corrected chi connectivity index (χ3v) is 1.52. The summed E-state index contributed by atoms with van der Waals surface area (Å²) >= 11 is 0. The van der Waals surface area contributed by atoms with E-state index in [9.17, 15) is 0 Å². The minimum absolute atomic E-state index is 0.748. The molecule has 0 saturated carbocycles. The Morgan fingerprint density at radius 2 is 1.82 bits per heavy atom. The van der Waals surface area contributed by atoms with E-state index in [4.69, 9.17) is 17.2 Å². The Hall–Kier alpha value is -0.900. The van der Waals surface area contributed by atoms with Crippen molar-refractivity contribution >= 4 is 0 Å². The van der Waals surface area contributed by atoms with Crippen LogP contribution in [0, 0.1) is 6.92 Å². The highest BCUT2D eigenvalue weighted by Crippen LogP contribution is 2.08. The van der Waals surface area contributed by atoms with E-state index in [0.29, 0.717) is 0 Å². The van der Waals surface area contributed by atoms with Crippen molar-refractivity contribution in [2.75, 3.05) is 0 Å². The van der Waals surface area contributed by atoms with Crippen LogP contribution in [0.3, 0.4) is 0 Å². The first kappa shape index (κ1) is 8.20. The lowest BCUT2D eigenvalue weighted by Gasteiger charge is -2.18. The quantitative estimate of drug-likeness (QED) is 0.494. The Labute approximate surface area is 66.2 Å². The second-order valence-corrected chi connectivity index (χ2v) is 2.80. The minimum atomic E-state index is -1.22. The zero-order valence-corrected chi connectivity index (χ0v) is 6.54. The standard InChI is InChI=1S/C8H13N3/c1-6-3-2-4-7(5-6)8(9,10)11/h2-5H,9-11H2,1H3. The van der Waals surface area contributed by atoms with Crippen molar-refractivity contribution in [1.29, 1.82) is 0 Å². The van der Waals surface area contributed by atoms with Crippen LogP contribution in [0.4, 0.5) is 0 Å². The first-order chi connectivity index (χ1) is 5.00. The Morgan fingerprint density at radius 3 is 2.18 bits per heavy atom. The van der Waals surface area contributed by atoms with E-state index in [0.717, 1.165) is 11.1 Å². The van der Waals surface area contributed by atoms with Crippen molar-refractivity contribution in [3.63, 3.8) is 0 Å². The van der Waals surface area contributed by atoms with Gasteiger partial charge in [-0.2, -0.15) is 0 Å². The topological polar surface area (TPSA) is 78.1 Å². The fourth-order valence-corrected chi connectivity index (χ4v) is 0.914.